The SMILES string of the molecule is Cc1c(C(F)(F)F)cc(C(F)(F)F)c(C)c1C#N. The van der Waals surface area contributed by atoms with Gasteiger partial charge in [0.05, 0.1) is 22.8 Å². The number of alkyl halides is 6. The lowest BCUT2D eigenvalue weighted by Crippen LogP contribution is -2.16. The van der Waals surface area contributed by atoms with Crippen molar-refractivity contribution in [3.05, 3.63) is 33.9 Å². The van der Waals surface area contributed by atoms with E-state index in [2.05, 4.69) is 0 Å². The highest BCUT2D eigenvalue weighted by Gasteiger charge is 2.40. The second-order valence-corrected chi connectivity index (χ2v) is 3.70. The third-order valence-corrected chi connectivity index (χ3v) is 2.57. The van der Waals surface area contributed by atoms with Crippen LogP contribution in [0.2, 0.25) is 0 Å². The molecule has 0 amide bonds. The van der Waals surface area contributed by atoms with E-state index >= 15 is 0 Å². The van der Waals surface area contributed by atoms with E-state index in [-0.39, 0.29) is 6.07 Å². The van der Waals surface area contributed by atoms with E-state index in [0.717, 1.165) is 13.8 Å². The fraction of sp³-hybridized carbons (Fsp3) is 0.364. The van der Waals surface area contributed by atoms with Crippen LogP contribution in [0.1, 0.15) is 27.8 Å². The number of halogens is 6. The van der Waals surface area contributed by atoms with E-state index < -0.39 is 40.2 Å². The molecule has 0 saturated carbocycles. The summed E-state index contributed by atoms with van der Waals surface area (Å²) in [5, 5.41) is 8.69. The van der Waals surface area contributed by atoms with Gasteiger partial charge in [0.1, 0.15) is 0 Å². The number of hydrogen-bond donors (Lipinski definition) is 0. The van der Waals surface area contributed by atoms with Crippen molar-refractivity contribution < 1.29 is 26.3 Å². The predicted molar refractivity (Wildman–Crippen MR) is 50.6 cm³/mol. The van der Waals surface area contributed by atoms with Gasteiger partial charge in [-0.3, -0.25) is 0 Å². The minimum atomic E-state index is -4.93. The molecule has 1 aromatic carbocycles. The van der Waals surface area contributed by atoms with Crippen LogP contribution >= 0.6 is 0 Å². The molecule has 1 aromatic rings. The molecule has 0 spiro atoms. The molecular formula is C11H7F6N. The molecule has 0 saturated heterocycles. The number of nitriles is 1. The lowest BCUT2D eigenvalue weighted by Gasteiger charge is -2.18. The molecule has 7 heteroatoms. The second-order valence-electron chi connectivity index (χ2n) is 3.70. The number of rotatable bonds is 0. The summed E-state index contributed by atoms with van der Waals surface area (Å²) in [6, 6.07) is 1.44. The van der Waals surface area contributed by atoms with Crippen LogP contribution in [0.5, 0.6) is 0 Å². The molecule has 0 aliphatic carbocycles. The molecule has 0 unspecified atom stereocenters. The molecule has 0 aliphatic rings. The van der Waals surface area contributed by atoms with Crippen LogP contribution in [-0.4, -0.2) is 0 Å². The van der Waals surface area contributed by atoms with Crippen molar-refractivity contribution in [1.82, 2.24) is 0 Å². The molecule has 0 heterocycles. The molecule has 18 heavy (non-hydrogen) atoms. The maximum Gasteiger partial charge on any atom is 0.416 e. The summed E-state index contributed by atoms with van der Waals surface area (Å²) in [7, 11) is 0. The maximum atomic E-state index is 12.6. The Bertz CT molecular complexity index is 480. The Morgan fingerprint density at radius 3 is 1.44 bits per heavy atom. The van der Waals surface area contributed by atoms with Crippen LogP contribution in [0.25, 0.3) is 0 Å². The summed E-state index contributed by atoms with van der Waals surface area (Å²) < 4.78 is 75.5. The topological polar surface area (TPSA) is 23.8 Å². The van der Waals surface area contributed by atoms with Crippen molar-refractivity contribution in [1.29, 1.82) is 5.26 Å². The standard InChI is InChI=1S/C11H7F6N/c1-5-7(4-18)6(2)9(11(15,16)17)3-8(5)10(12,13)14/h3H,1-2H3. The summed E-state index contributed by atoms with van der Waals surface area (Å²) in [6.07, 6.45) is -9.85. The summed E-state index contributed by atoms with van der Waals surface area (Å²) in [6.45, 7) is 1.96. The maximum absolute atomic E-state index is 12.6. The highest BCUT2D eigenvalue weighted by molar-refractivity contribution is 5.53. The van der Waals surface area contributed by atoms with Crippen molar-refractivity contribution in [2.45, 2.75) is 26.2 Å². The van der Waals surface area contributed by atoms with Crippen LogP contribution in [0, 0.1) is 25.2 Å². The Balaban J connectivity index is 3.75. The first kappa shape index (κ1) is 14.4. The molecule has 1 rings (SSSR count). The highest BCUT2D eigenvalue weighted by Crippen LogP contribution is 2.40. The first-order valence-electron chi connectivity index (χ1n) is 4.68. The smallest absolute Gasteiger partial charge is 0.192 e. The lowest BCUT2D eigenvalue weighted by molar-refractivity contribution is -0.143. The molecule has 0 bridgehead atoms. The van der Waals surface area contributed by atoms with Gasteiger partial charge in [-0.25, -0.2) is 0 Å². The van der Waals surface area contributed by atoms with Gasteiger partial charge in [-0.1, -0.05) is 0 Å². The first-order valence-corrected chi connectivity index (χ1v) is 4.68. The van der Waals surface area contributed by atoms with Gasteiger partial charge in [0, 0.05) is 0 Å². The summed E-state index contributed by atoms with van der Waals surface area (Å²) >= 11 is 0. The Labute approximate surface area is 98.6 Å². The van der Waals surface area contributed by atoms with Crippen LogP contribution in [0.4, 0.5) is 26.3 Å². The normalized spacial score (nSPS) is 12.4. The fourth-order valence-electron chi connectivity index (χ4n) is 1.67. The molecule has 98 valence electrons. The highest BCUT2D eigenvalue weighted by atomic mass is 19.4. The van der Waals surface area contributed by atoms with Crippen LogP contribution in [0.15, 0.2) is 6.07 Å². The molecule has 0 N–H and O–H groups in total. The van der Waals surface area contributed by atoms with Gasteiger partial charge >= 0.3 is 12.4 Å². The van der Waals surface area contributed by atoms with E-state index in [1.54, 1.807) is 0 Å². The molecule has 1 nitrogen and oxygen atoms in total. The van der Waals surface area contributed by atoms with Crippen molar-refractivity contribution in [3.8, 4) is 6.07 Å². The third-order valence-electron chi connectivity index (χ3n) is 2.57. The quantitative estimate of drug-likeness (QED) is 0.646. The zero-order chi connectivity index (χ0) is 14.3. The monoisotopic (exact) mass is 267 g/mol. The van der Waals surface area contributed by atoms with Crippen molar-refractivity contribution in [3.63, 3.8) is 0 Å². The van der Waals surface area contributed by atoms with E-state index in [1.807, 2.05) is 0 Å². The Kier molecular flexibility index (Phi) is 3.34. The van der Waals surface area contributed by atoms with Gasteiger partial charge in [0.15, 0.2) is 0 Å². The van der Waals surface area contributed by atoms with Gasteiger partial charge in [-0.2, -0.15) is 31.6 Å². The van der Waals surface area contributed by atoms with Crippen LogP contribution in [-0.2, 0) is 12.4 Å². The first-order chi connectivity index (χ1) is 8.00. The number of nitrogens with zero attached hydrogens (tertiary/aromatic N) is 1. The van der Waals surface area contributed by atoms with E-state index in [9.17, 15) is 26.3 Å². The van der Waals surface area contributed by atoms with Crippen LogP contribution < -0.4 is 0 Å². The minimum absolute atomic E-state index is 0.0471. The van der Waals surface area contributed by atoms with E-state index in [4.69, 9.17) is 5.26 Å². The Morgan fingerprint density at radius 2 is 1.22 bits per heavy atom. The Morgan fingerprint density at radius 1 is 0.889 bits per heavy atom. The molecule has 0 aromatic heterocycles. The van der Waals surface area contributed by atoms with Gasteiger partial charge < -0.3 is 0 Å². The molecule has 0 aliphatic heterocycles. The average molecular weight is 267 g/mol. The van der Waals surface area contributed by atoms with E-state index in [0.29, 0.717) is 0 Å². The zero-order valence-electron chi connectivity index (χ0n) is 9.29. The number of hydrogen-bond acceptors (Lipinski definition) is 1. The minimum Gasteiger partial charge on any atom is -0.192 e. The molecular weight excluding hydrogens is 260 g/mol. The van der Waals surface area contributed by atoms with Crippen molar-refractivity contribution >= 4 is 0 Å². The summed E-state index contributed by atoms with van der Waals surface area (Å²) in [5.74, 6) is 0. The summed E-state index contributed by atoms with van der Waals surface area (Å²) in [4.78, 5) is 0. The Hall–Kier alpha value is -1.71. The molecule has 0 atom stereocenters. The summed E-state index contributed by atoms with van der Waals surface area (Å²) in [5.41, 5.74) is -4.43. The molecule has 0 fully saturated rings. The van der Waals surface area contributed by atoms with Crippen LogP contribution in [0.3, 0.4) is 0 Å². The number of benzene rings is 1. The average Bonchev–Trinajstić information content (AvgIpc) is 2.14. The van der Waals surface area contributed by atoms with Gasteiger partial charge in [-0.15, -0.1) is 0 Å². The van der Waals surface area contributed by atoms with E-state index in [1.165, 1.54) is 6.07 Å². The largest absolute Gasteiger partial charge is 0.416 e. The van der Waals surface area contributed by atoms with Gasteiger partial charge in [-0.05, 0) is 31.0 Å². The lowest BCUT2D eigenvalue weighted by atomic mass is 9.93. The molecule has 0 radical (unpaired) electrons. The zero-order valence-corrected chi connectivity index (χ0v) is 9.29. The predicted octanol–water partition coefficient (Wildman–Crippen LogP) is 4.21. The van der Waals surface area contributed by atoms with Crippen molar-refractivity contribution in [2.75, 3.05) is 0 Å². The van der Waals surface area contributed by atoms with Crippen molar-refractivity contribution in [2.24, 2.45) is 0 Å². The van der Waals surface area contributed by atoms with Gasteiger partial charge in [0.25, 0.3) is 0 Å². The fourth-order valence-corrected chi connectivity index (χ4v) is 1.67. The van der Waals surface area contributed by atoms with Gasteiger partial charge in [0.2, 0.25) is 0 Å². The second kappa shape index (κ2) is 4.19. The third kappa shape index (κ3) is 2.42.